The van der Waals surface area contributed by atoms with Crippen molar-refractivity contribution >= 4 is 12.4 Å². The summed E-state index contributed by atoms with van der Waals surface area (Å²) in [5, 5.41) is 7.42. The van der Waals surface area contributed by atoms with E-state index in [4.69, 9.17) is 0 Å². The number of nitrogens with one attached hydrogen (secondary N) is 1. The van der Waals surface area contributed by atoms with E-state index >= 15 is 0 Å². The average molecular weight is 302 g/mol. The molecule has 3 nitrogen and oxygen atoms in total. The molecule has 2 aromatic rings. The Hall–Kier alpha value is -1.46. The predicted octanol–water partition coefficient (Wildman–Crippen LogP) is 3.28. The van der Waals surface area contributed by atoms with Gasteiger partial charge in [0, 0.05) is 31.4 Å². The smallest absolute Gasteiger partial charge is 0.163 e. The van der Waals surface area contributed by atoms with Gasteiger partial charge in [-0.1, -0.05) is 19.1 Å². The van der Waals surface area contributed by atoms with Gasteiger partial charge in [-0.25, -0.2) is 8.78 Å². The van der Waals surface area contributed by atoms with Crippen LogP contribution >= 0.6 is 12.4 Å². The number of aryl methyl sites for hydroxylation is 1. The molecule has 110 valence electrons. The van der Waals surface area contributed by atoms with E-state index in [0.29, 0.717) is 12.1 Å². The van der Waals surface area contributed by atoms with E-state index in [-0.39, 0.29) is 19.0 Å². The third-order valence-electron chi connectivity index (χ3n) is 2.80. The maximum absolute atomic E-state index is 13.4. The van der Waals surface area contributed by atoms with Gasteiger partial charge in [0.1, 0.15) is 0 Å². The van der Waals surface area contributed by atoms with Crippen LogP contribution in [-0.2, 0) is 19.6 Å². The highest BCUT2D eigenvalue weighted by Crippen LogP contribution is 2.11. The highest BCUT2D eigenvalue weighted by molar-refractivity contribution is 5.85. The van der Waals surface area contributed by atoms with Crippen LogP contribution in [0.5, 0.6) is 0 Å². The van der Waals surface area contributed by atoms with Gasteiger partial charge in [0.25, 0.3) is 0 Å². The van der Waals surface area contributed by atoms with E-state index in [1.807, 2.05) is 16.9 Å². The standard InChI is InChI=1S/C14H17F2N3.ClH/c1-2-7-19-8-6-12(18-19)10-17-9-11-4-3-5-13(15)14(11)16;/h3-6,8,17H,2,7,9-10H2,1H3;1H. The first kappa shape index (κ1) is 16.6. The minimum atomic E-state index is -0.813. The lowest BCUT2D eigenvalue weighted by atomic mass is 10.2. The summed E-state index contributed by atoms with van der Waals surface area (Å²) in [7, 11) is 0. The zero-order valence-corrected chi connectivity index (χ0v) is 12.1. The van der Waals surface area contributed by atoms with Crippen molar-refractivity contribution in [3.63, 3.8) is 0 Å². The molecule has 1 heterocycles. The fourth-order valence-electron chi connectivity index (χ4n) is 1.86. The summed E-state index contributed by atoms with van der Waals surface area (Å²) >= 11 is 0. The maximum atomic E-state index is 13.4. The summed E-state index contributed by atoms with van der Waals surface area (Å²) in [6.07, 6.45) is 2.95. The first-order valence-corrected chi connectivity index (χ1v) is 6.36. The van der Waals surface area contributed by atoms with Crippen LogP contribution in [0.4, 0.5) is 8.78 Å². The SMILES string of the molecule is CCCn1ccc(CNCc2cccc(F)c2F)n1.Cl. The fourth-order valence-corrected chi connectivity index (χ4v) is 1.86. The molecular weight excluding hydrogens is 284 g/mol. The van der Waals surface area contributed by atoms with Gasteiger partial charge in [-0.2, -0.15) is 5.10 Å². The first-order chi connectivity index (χ1) is 9.20. The number of halogens is 3. The molecule has 0 unspecified atom stereocenters. The van der Waals surface area contributed by atoms with Gasteiger partial charge in [-0.3, -0.25) is 4.68 Å². The summed E-state index contributed by atoms with van der Waals surface area (Å²) in [6, 6.07) is 6.11. The lowest BCUT2D eigenvalue weighted by Gasteiger charge is -2.05. The molecule has 6 heteroatoms. The molecule has 1 aromatic heterocycles. The van der Waals surface area contributed by atoms with Gasteiger partial charge in [-0.05, 0) is 18.6 Å². The second-order valence-corrected chi connectivity index (χ2v) is 4.39. The van der Waals surface area contributed by atoms with E-state index < -0.39 is 11.6 Å². The van der Waals surface area contributed by atoms with E-state index in [0.717, 1.165) is 24.7 Å². The third kappa shape index (κ3) is 4.28. The quantitative estimate of drug-likeness (QED) is 0.887. The molecule has 0 saturated heterocycles. The van der Waals surface area contributed by atoms with Crippen LogP contribution in [0.1, 0.15) is 24.6 Å². The molecule has 0 fully saturated rings. The van der Waals surface area contributed by atoms with Crippen LogP contribution in [-0.4, -0.2) is 9.78 Å². The Labute approximate surface area is 123 Å². The average Bonchev–Trinajstić information content (AvgIpc) is 2.83. The third-order valence-corrected chi connectivity index (χ3v) is 2.80. The van der Waals surface area contributed by atoms with Crippen LogP contribution in [0.15, 0.2) is 30.5 Å². The summed E-state index contributed by atoms with van der Waals surface area (Å²) in [5.74, 6) is -1.60. The number of aromatic nitrogens is 2. The molecule has 0 aliphatic heterocycles. The molecule has 0 atom stereocenters. The molecule has 0 saturated carbocycles. The van der Waals surface area contributed by atoms with Gasteiger partial charge in [0.15, 0.2) is 11.6 Å². The van der Waals surface area contributed by atoms with Gasteiger partial charge in [0.05, 0.1) is 5.69 Å². The van der Waals surface area contributed by atoms with Crippen molar-refractivity contribution in [3.8, 4) is 0 Å². The lowest BCUT2D eigenvalue weighted by molar-refractivity contribution is 0.492. The Morgan fingerprint density at radius 2 is 2.00 bits per heavy atom. The summed E-state index contributed by atoms with van der Waals surface area (Å²) in [6.45, 7) is 3.79. The molecule has 0 aliphatic rings. The molecule has 0 bridgehead atoms. The fraction of sp³-hybridized carbons (Fsp3) is 0.357. The van der Waals surface area contributed by atoms with Gasteiger partial charge < -0.3 is 5.32 Å². The van der Waals surface area contributed by atoms with Crippen LogP contribution in [0.2, 0.25) is 0 Å². The molecular formula is C14H18ClF2N3. The first-order valence-electron chi connectivity index (χ1n) is 6.36. The number of nitrogens with zero attached hydrogens (tertiary/aromatic N) is 2. The second kappa shape index (κ2) is 7.97. The molecule has 20 heavy (non-hydrogen) atoms. The highest BCUT2D eigenvalue weighted by atomic mass is 35.5. The summed E-state index contributed by atoms with van der Waals surface area (Å²) in [5.41, 5.74) is 1.22. The minimum Gasteiger partial charge on any atom is -0.307 e. The van der Waals surface area contributed by atoms with E-state index in [9.17, 15) is 8.78 Å². The van der Waals surface area contributed by atoms with Crippen molar-refractivity contribution < 1.29 is 8.78 Å². The molecule has 2 rings (SSSR count). The number of hydrogen-bond donors (Lipinski definition) is 1. The van der Waals surface area contributed by atoms with Gasteiger partial charge in [-0.15, -0.1) is 12.4 Å². The zero-order chi connectivity index (χ0) is 13.7. The largest absolute Gasteiger partial charge is 0.307 e. The monoisotopic (exact) mass is 301 g/mol. The van der Waals surface area contributed by atoms with E-state index in [1.165, 1.54) is 6.07 Å². The van der Waals surface area contributed by atoms with Gasteiger partial charge >= 0.3 is 0 Å². The Kier molecular flexibility index (Phi) is 6.61. The normalized spacial score (nSPS) is 10.3. The number of benzene rings is 1. The molecule has 1 N–H and O–H groups in total. The van der Waals surface area contributed by atoms with Crippen LogP contribution in [0, 0.1) is 11.6 Å². The Bertz CT molecular complexity index is 543. The van der Waals surface area contributed by atoms with Crippen molar-refractivity contribution in [2.45, 2.75) is 33.0 Å². The van der Waals surface area contributed by atoms with Crippen LogP contribution in [0.25, 0.3) is 0 Å². The van der Waals surface area contributed by atoms with Crippen LogP contribution < -0.4 is 5.32 Å². The Morgan fingerprint density at radius 3 is 2.75 bits per heavy atom. The number of hydrogen-bond acceptors (Lipinski definition) is 2. The second-order valence-electron chi connectivity index (χ2n) is 4.39. The van der Waals surface area contributed by atoms with Gasteiger partial charge in [0.2, 0.25) is 0 Å². The molecule has 0 aliphatic carbocycles. The summed E-state index contributed by atoms with van der Waals surface area (Å²) < 4.78 is 28.3. The minimum absolute atomic E-state index is 0. The van der Waals surface area contributed by atoms with Crippen molar-refractivity contribution in [1.82, 2.24) is 15.1 Å². The van der Waals surface area contributed by atoms with Crippen molar-refractivity contribution in [3.05, 3.63) is 53.4 Å². The predicted molar refractivity (Wildman–Crippen MR) is 76.7 cm³/mol. The van der Waals surface area contributed by atoms with E-state index in [2.05, 4.69) is 17.3 Å². The highest BCUT2D eigenvalue weighted by Gasteiger charge is 2.07. The van der Waals surface area contributed by atoms with Crippen LogP contribution in [0.3, 0.4) is 0 Å². The number of rotatable bonds is 6. The lowest BCUT2D eigenvalue weighted by Crippen LogP contribution is -2.15. The Balaban J connectivity index is 0.00000200. The van der Waals surface area contributed by atoms with Crippen molar-refractivity contribution in [2.24, 2.45) is 0 Å². The zero-order valence-electron chi connectivity index (χ0n) is 11.3. The Morgan fingerprint density at radius 1 is 1.20 bits per heavy atom. The molecule has 0 radical (unpaired) electrons. The van der Waals surface area contributed by atoms with E-state index in [1.54, 1.807) is 6.07 Å². The molecule has 1 aromatic carbocycles. The molecule has 0 amide bonds. The van der Waals surface area contributed by atoms with Crippen molar-refractivity contribution in [1.29, 1.82) is 0 Å². The summed E-state index contributed by atoms with van der Waals surface area (Å²) in [4.78, 5) is 0. The molecule has 0 spiro atoms. The maximum Gasteiger partial charge on any atom is 0.163 e. The van der Waals surface area contributed by atoms with Crippen molar-refractivity contribution in [2.75, 3.05) is 0 Å². The topological polar surface area (TPSA) is 29.9 Å².